The smallest absolute Gasteiger partial charge is 0.246 e. The molecule has 0 fully saturated rings. The maximum atomic E-state index is 12.3. The summed E-state index contributed by atoms with van der Waals surface area (Å²) < 4.78 is 16.7. The van der Waals surface area contributed by atoms with Crippen LogP contribution in [0.2, 0.25) is 0 Å². The Balaban J connectivity index is 3.74. The molecule has 0 aromatic rings. The number of nitrogens with one attached hydrogen (secondary N) is 6. The number of nitrogens with two attached hydrogens (primary N) is 1. The maximum Gasteiger partial charge on any atom is 0.246 e. The predicted octanol–water partition coefficient (Wildman–Crippen LogP) is 5.47. The second kappa shape index (κ2) is 38.7. The molecule has 0 aliphatic heterocycles. The Hall–Kier alpha value is -3.13. The number of carbonyl (C=O) groups excluding carboxylic acids is 3. The average Bonchev–Trinajstić information content (AvgIpc) is 3.16. The van der Waals surface area contributed by atoms with E-state index in [0.29, 0.717) is 58.9 Å². The van der Waals surface area contributed by atoms with E-state index < -0.39 is 0 Å². The van der Waals surface area contributed by atoms with Gasteiger partial charge in [-0.15, -0.1) is 0 Å². The molecule has 13 heteroatoms. The number of hydrogen-bond donors (Lipinski definition) is 7. The zero-order valence-corrected chi connectivity index (χ0v) is 35.8. The summed E-state index contributed by atoms with van der Waals surface area (Å²) in [5.41, 5.74) is 8.57. The van der Waals surface area contributed by atoms with E-state index in [9.17, 15) is 14.4 Å². The molecular formula is C43H83N7O6. The van der Waals surface area contributed by atoms with Gasteiger partial charge in [0.2, 0.25) is 17.7 Å². The quantitative estimate of drug-likeness (QED) is 0.0393. The van der Waals surface area contributed by atoms with Crippen LogP contribution in [0.25, 0.3) is 0 Å². The Morgan fingerprint density at radius 2 is 1.11 bits per heavy atom. The first kappa shape index (κ1) is 52.9. The standard InChI is InChI=1S/C43H83N7O6/c1-7-9-25-46-39(6)40(50-38(5)34-55-30-8-2)22-12-16-26-45-37(4)21-19-24-42(52)47-27-14-10-17-32-56-35-43(53)49-29-33-54-31-18-13-23-41(51)48-28-15-11-20-36(3)44/h36,40,45-46,50H,4-35,44H2,1-3H3,(H,47,52)(H,48,51)(H,49,53). The number of allylic oxidation sites excluding steroid dienone is 1. The Kier molecular flexibility index (Phi) is 36.6. The summed E-state index contributed by atoms with van der Waals surface area (Å²) in [5.74, 6) is -0.0268. The highest BCUT2D eigenvalue weighted by Crippen LogP contribution is 2.10. The molecule has 2 unspecified atom stereocenters. The summed E-state index contributed by atoms with van der Waals surface area (Å²) in [5, 5.41) is 19.1. The van der Waals surface area contributed by atoms with Gasteiger partial charge in [0.1, 0.15) is 6.61 Å². The molecule has 326 valence electrons. The first-order valence-electron chi connectivity index (χ1n) is 21.7. The first-order valence-corrected chi connectivity index (χ1v) is 21.7. The van der Waals surface area contributed by atoms with Crippen molar-refractivity contribution >= 4 is 17.7 Å². The van der Waals surface area contributed by atoms with E-state index in [1.807, 2.05) is 6.92 Å². The molecule has 0 bridgehead atoms. The van der Waals surface area contributed by atoms with Gasteiger partial charge < -0.3 is 51.8 Å². The Morgan fingerprint density at radius 3 is 1.80 bits per heavy atom. The van der Waals surface area contributed by atoms with Gasteiger partial charge in [-0.05, 0) is 96.8 Å². The van der Waals surface area contributed by atoms with Gasteiger partial charge in [-0.25, -0.2) is 0 Å². The molecule has 0 saturated heterocycles. The van der Waals surface area contributed by atoms with Crippen LogP contribution in [0.3, 0.4) is 0 Å². The van der Waals surface area contributed by atoms with Crippen LogP contribution >= 0.6 is 0 Å². The third-order valence-electron chi connectivity index (χ3n) is 8.92. The summed E-state index contributed by atoms with van der Waals surface area (Å²) in [6.45, 7) is 25.1. The fourth-order valence-electron chi connectivity index (χ4n) is 5.60. The van der Waals surface area contributed by atoms with Gasteiger partial charge in [0.05, 0.1) is 19.3 Å². The Morgan fingerprint density at radius 1 is 0.518 bits per heavy atom. The first-order chi connectivity index (χ1) is 27.1. The average molecular weight is 794 g/mol. The van der Waals surface area contributed by atoms with Crippen LogP contribution in [0.15, 0.2) is 36.8 Å². The topological polar surface area (TPSA) is 177 Å². The fourth-order valence-corrected chi connectivity index (χ4v) is 5.60. The highest BCUT2D eigenvalue weighted by atomic mass is 16.5. The second-order valence-corrected chi connectivity index (χ2v) is 14.7. The minimum Gasteiger partial charge on any atom is -0.389 e. The third-order valence-corrected chi connectivity index (χ3v) is 8.92. The summed E-state index contributed by atoms with van der Waals surface area (Å²) in [4.78, 5) is 36.1. The van der Waals surface area contributed by atoms with Crippen LogP contribution in [-0.2, 0) is 28.6 Å². The van der Waals surface area contributed by atoms with Gasteiger partial charge in [-0.1, -0.05) is 46.4 Å². The van der Waals surface area contributed by atoms with Crippen LogP contribution in [-0.4, -0.2) is 102 Å². The van der Waals surface area contributed by atoms with Crippen LogP contribution in [0.4, 0.5) is 0 Å². The van der Waals surface area contributed by atoms with Crippen molar-refractivity contribution in [2.75, 3.05) is 72.4 Å². The van der Waals surface area contributed by atoms with Crippen molar-refractivity contribution in [3.05, 3.63) is 36.8 Å². The third kappa shape index (κ3) is 36.5. The van der Waals surface area contributed by atoms with Crippen LogP contribution in [0.1, 0.15) is 136 Å². The normalized spacial score (nSPS) is 12.0. The van der Waals surface area contributed by atoms with E-state index >= 15 is 0 Å². The van der Waals surface area contributed by atoms with Crippen molar-refractivity contribution in [3.8, 4) is 0 Å². The molecule has 0 aliphatic rings. The fraction of sp³-hybridized carbons (Fsp3) is 0.791. The lowest BCUT2D eigenvalue weighted by atomic mass is 10.1. The van der Waals surface area contributed by atoms with Crippen molar-refractivity contribution in [2.45, 2.75) is 148 Å². The van der Waals surface area contributed by atoms with E-state index in [4.69, 9.17) is 19.9 Å². The molecule has 56 heavy (non-hydrogen) atoms. The van der Waals surface area contributed by atoms with Crippen molar-refractivity contribution < 1.29 is 28.6 Å². The SMILES string of the molecule is C=C(CCCC(=O)NCCCCCOCC(=O)NCCOCCCCC(=O)NCCCCC(C)N)NCCCCC(NC(=C)COCCC)C(=C)NCCCC. The Bertz CT molecular complexity index is 1040. The molecule has 8 N–H and O–H groups in total. The van der Waals surface area contributed by atoms with E-state index in [-0.39, 0.29) is 36.4 Å². The minimum atomic E-state index is -0.165. The summed E-state index contributed by atoms with van der Waals surface area (Å²) in [6, 6.07) is 0.320. The van der Waals surface area contributed by atoms with E-state index in [2.05, 4.69) is 65.5 Å². The lowest BCUT2D eigenvalue weighted by Gasteiger charge is -2.24. The van der Waals surface area contributed by atoms with Crippen LogP contribution < -0.4 is 37.6 Å². The molecule has 13 nitrogen and oxygen atoms in total. The van der Waals surface area contributed by atoms with Crippen molar-refractivity contribution in [1.29, 1.82) is 0 Å². The number of rotatable bonds is 42. The molecular weight excluding hydrogens is 711 g/mol. The van der Waals surface area contributed by atoms with Gasteiger partial charge in [0, 0.05) is 88.5 Å². The molecule has 0 saturated carbocycles. The largest absolute Gasteiger partial charge is 0.389 e. The van der Waals surface area contributed by atoms with Gasteiger partial charge in [0.15, 0.2) is 0 Å². The van der Waals surface area contributed by atoms with Crippen LogP contribution in [0.5, 0.6) is 0 Å². The van der Waals surface area contributed by atoms with Gasteiger partial charge in [0.25, 0.3) is 0 Å². The van der Waals surface area contributed by atoms with Crippen molar-refractivity contribution in [3.63, 3.8) is 0 Å². The van der Waals surface area contributed by atoms with Crippen molar-refractivity contribution in [1.82, 2.24) is 31.9 Å². The van der Waals surface area contributed by atoms with Crippen LogP contribution in [0, 0.1) is 0 Å². The van der Waals surface area contributed by atoms with E-state index in [0.717, 1.165) is 140 Å². The lowest BCUT2D eigenvalue weighted by Crippen LogP contribution is -2.37. The Labute approximate surface area is 340 Å². The highest BCUT2D eigenvalue weighted by Gasteiger charge is 2.13. The molecule has 0 aromatic heterocycles. The molecule has 0 rings (SSSR count). The molecule has 0 radical (unpaired) electrons. The molecule has 0 aliphatic carbocycles. The molecule has 0 spiro atoms. The maximum absolute atomic E-state index is 12.3. The molecule has 0 aromatic carbocycles. The monoisotopic (exact) mass is 794 g/mol. The van der Waals surface area contributed by atoms with Crippen molar-refractivity contribution in [2.24, 2.45) is 5.73 Å². The zero-order valence-electron chi connectivity index (χ0n) is 35.8. The highest BCUT2D eigenvalue weighted by molar-refractivity contribution is 5.77. The molecule has 3 amide bonds. The zero-order chi connectivity index (χ0) is 41.5. The second-order valence-electron chi connectivity index (χ2n) is 14.7. The predicted molar refractivity (Wildman–Crippen MR) is 230 cm³/mol. The van der Waals surface area contributed by atoms with E-state index in [1.165, 1.54) is 0 Å². The summed E-state index contributed by atoms with van der Waals surface area (Å²) >= 11 is 0. The number of hydrogen-bond acceptors (Lipinski definition) is 10. The number of carbonyl (C=O) groups is 3. The number of amides is 3. The number of unbranched alkanes of at least 4 members (excludes halogenated alkanes) is 6. The molecule has 2 atom stereocenters. The molecule has 0 heterocycles. The number of ether oxygens (including phenoxy) is 3. The lowest BCUT2D eigenvalue weighted by molar-refractivity contribution is -0.126. The minimum absolute atomic E-state index is 0.0220. The van der Waals surface area contributed by atoms with Gasteiger partial charge in [-0.2, -0.15) is 0 Å². The van der Waals surface area contributed by atoms with E-state index in [1.54, 1.807) is 0 Å². The van der Waals surface area contributed by atoms with Gasteiger partial charge >= 0.3 is 0 Å². The van der Waals surface area contributed by atoms with Gasteiger partial charge in [-0.3, -0.25) is 14.4 Å². The summed E-state index contributed by atoms with van der Waals surface area (Å²) in [6.07, 6.45) is 15.9. The summed E-state index contributed by atoms with van der Waals surface area (Å²) in [7, 11) is 0.